The first kappa shape index (κ1) is 14.6. The predicted molar refractivity (Wildman–Crippen MR) is 78.9 cm³/mol. The van der Waals surface area contributed by atoms with Crippen LogP contribution in [0.25, 0.3) is 0 Å². The second-order valence-electron chi connectivity index (χ2n) is 4.74. The Morgan fingerprint density at radius 3 is 2.43 bits per heavy atom. The molecule has 5 nitrogen and oxygen atoms in total. The monoisotopic (exact) mass is 285 g/mol. The maximum atomic E-state index is 12.3. The molecule has 0 bridgehead atoms. The third-order valence-electron chi connectivity index (χ3n) is 3.33. The number of carboxylic acids is 1. The lowest BCUT2D eigenvalue weighted by Gasteiger charge is -2.11. The summed E-state index contributed by atoms with van der Waals surface area (Å²) in [6, 6.07) is 9.13. The maximum absolute atomic E-state index is 12.3. The molecule has 0 aliphatic heterocycles. The Bertz CT molecular complexity index is 722. The molecule has 0 saturated carbocycles. The molecule has 0 unspecified atom stereocenters. The van der Waals surface area contributed by atoms with E-state index in [9.17, 15) is 14.7 Å². The smallest absolute Gasteiger partial charge is 0.337 e. The Labute approximate surface area is 121 Å². The van der Waals surface area contributed by atoms with E-state index in [1.165, 1.54) is 12.1 Å². The van der Waals surface area contributed by atoms with E-state index in [-0.39, 0.29) is 22.9 Å². The van der Waals surface area contributed by atoms with Gasteiger partial charge in [0.15, 0.2) is 0 Å². The van der Waals surface area contributed by atoms with Crippen molar-refractivity contribution in [3.8, 4) is 5.75 Å². The van der Waals surface area contributed by atoms with E-state index in [4.69, 9.17) is 5.11 Å². The van der Waals surface area contributed by atoms with Crippen molar-refractivity contribution in [1.82, 2.24) is 0 Å². The zero-order valence-corrected chi connectivity index (χ0v) is 11.7. The number of aryl methyl sites for hydroxylation is 1. The lowest BCUT2D eigenvalue weighted by molar-refractivity contribution is 0.0697. The molecule has 21 heavy (non-hydrogen) atoms. The molecule has 3 N–H and O–H groups in total. The summed E-state index contributed by atoms with van der Waals surface area (Å²) in [5.41, 5.74) is 2.29. The number of hydrogen-bond acceptors (Lipinski definition) is 3. The third-order valence-corrected chi connectivity index (χ3v) is 3.33. The van der Waals surface area contributed by atoms with Gasteiger partial charge >= 0.3 is 5.97 Å². The van der Waals surface area contributed by atoms with Crippen molar-refractivity contribution in [2.75, 3.05) is 5.32 Å². The number of carbonyl (C=O) groups excluding carboxylic acids is 1. The number of benzene rings is 2. The first-order valence-corrected chi connectivity index (χ1v) is 6.34. The molecule has 1 amide bonds. The molecule has 0 aliphatic carbocycles. The van der Waals surface area contributed by atoms with Crippen LogP contribution < -0.4 is 5.32 Å². The number of phenolic OH excluding ortho intramolecular Hbond substituents is 1. The Morgan fingerprint density at radius 2 is 1.76 bits per heavy atom. The number of nitrogens with one attached hydrogen (secondary N) is 1. The molecule has 0 spiro atoms. The summed E-state index contributed by atoms with van der Waals surface area (Å²) in [5.74, 6) is -1.77. The average Bonchev–Trinajstić information content (AvgIpc) is 2.43. The van der Waals surface area contributed by atoms with Gasteiger partial charge in [-0.15, -0.1) is 0 Å². The Balaban J connectivity index is 2.36. The number of amides is 1. The summed E-state index contributed by atoms with van der Waals surface area (Å²) in [5, 5.41) is 21.0. The topological polar surface area (TPSA) is 86.6 Å². The summed E-state index contributed by atoms with van der Waals surface area (Å²) in [6.07, 6.45) is 0. The van der Waals surface area contributed by atoms with E-state index in [2.05, 4.69) is 5.32 Å². The van der Waals surface area contributed by atoms with Crippen LogP contribution in [0, 0.1) is 13.8 Å². The summed E-state index contributed by atoms with van der Waals surface area (Å²) in [6.45, 7) is 3.73. The lowest BCUT2D eigenvalue weighted by atomic mass is 10.0. The van der Waals surface area contributed by atoms with Crippen molar-refractivity contribution in [3.05, 3.63) is 58.7 Å². The minimum absolute atomic E-state index is 0.145. The van der Waals surface area contributed by atoms with Crippen LogP contribution in [0.5, 0.6) is 5.75 Å². The molecule has 0 aromatic heterocycles. The second-order valence-corrected chi connectivity index (χ2v) is 4.74. The fourth-order valence-electron chi connectivity index (χ4n) is 2.00. The van der Waals surface area contributed by atoms with Gasteiger partial charge in [0, 0.05) is 5.56 Å². The van der Waals surface area contributed by atoms with E-state index in [1.807, 2.05) is 19.9 Å². The van der Waals surface area contributed by atoms with Crippen LogP contribution >= 0.6 is 0 Å². The number of aromatic carboxylic acids is 1. The highest BCUT2D eigenvalue weighted by Gasteiger charge is 2.16. The Kier molecular flexibility index (Phi) is 3.93. The van der Waals surface area contributed by atoms with Crippen molar-refractivity contribution in [3.63, 3.8) is 0 Å². The number of hydrogen-bond donors (Lipinski definition) is 3. The molecule has 0 heterocycles. The molecule has 2 aromatic carbocycles. The van der Waals surface area contributed by atoms with Gasteiger partial charge in [-0.3, -0.25) is 4.79 Å². The number of anilines is 1. The van der Waals surface area contributed by atoms with E-state index >= 15 is 0 Å². The van der Waals surface area contributed by atoms with Crippen molar-refractivity contribution in [1.29, 1.82) is 0 Å². The van der Waals surface area contributed by atoms with Crippen LogP contribution in [0.1, 0.15) is 31.8 Å². The van der Waals surface area contributed by atoms with Crippen LogP contribution in [0.2, 0.25) is 0 Å². The van der Waals surface area contributed by atoms with Gasteiger partial charge in [-0.25, -0.2) is 4.79 Å². The quantitative estimate of drug-likeness (QED) is 0.757. The SMILES string of the molecule is Cc1cccc(C(=O)Nc2ccc(O)cc2C(=O)O)c1C. The Morgan fingerprint density at radius 1 is 1.05 bits per heavy atom. The molecule has 2 aromatic rings. The van der Waals surface area contributed by atoms with Gasteiger partial charge in [0.05, 0.1) is 11.3 Å². The average molecular weight is 285 g/mol. The van der Waals surface area contributed by atoms with Gasteiger partial charge in [-0.1, -0.05) is 12.1 Å². The highest BCUT2D eigenvalue weighted by molar-refractivity contribution is 6.08. The lowest BCUT2D eigenvalue weighted by Crippen LogP contribution is -2.16. The molecule has 0 aliphatic rings. The zero-order valence-electron chi connectivity index (χ0n) is 11.7. The van der Waals surface area contributed by atoms with Gasteiger partial charge in [-0.2, -0.15) is 0 Å². The van der Waals surface area contributed by atoms with Crippen molar-refractivity contribution in [2.24, 2.45) is 0 Å². The maximum Gasteiger partial charge on any atom is 0.337 e. The number of aromatic hydroxyl groups is 1. The number of rotatable bonds is 3. The van der Waals surface area contributed by atoms with E-state index in [1.54, 1.807) is 12.1 Å². The first-order chi connectivity index (χ1) is 9.90. The largest absolute Gasteiger partial charge is 0.508 e. The molecule has 0 fully saturated rings. The Hall–Kier alpha value is -2.82. The molecule has 108 valence electrons. The van der Waals surface area contributed by atoms with Crippen molar-refractivity contribution < 1.29 is 19.8 Å². The fraction of sp³-hybridized carbons (Fsp3) is 0.125. The third kappa shape index (κ3) is 3.02. The molecule has 5 heteroatoms. The minimum Gasteiger partial charge on any atom is -0.508 e. The molecule has 2 rings (SSSR count). The van der Waals surface area contributed by atoms with Gasteiger partial charge in [0.1, 0.15) is 5.75 Å². The molecule has 0 radical (unpaired) electrons. The van der Waals surface area contributed by atoms with E-state index in [0.717, 1.165) is 17.2 Å². The van der Waals surface area contributed by atoms with Gasteiger partial charge in [0.2, 0.25) is 0 Å². The van der Waals surface area contributed by atoms with Gasteiger partial charge in [0.25, 0.3) is 5.91 Å². The number of carbonyl (C=O) groups is 2. The van der Waals surface area contributed by atoms with Crippen molar-refractivity contribution in [2.45, 2.75) is 13.8 Å². The van der Waals surface area contributed by atoms with Gasteiger partial charge < -0.3 is 15.5 Å². The van der Waals surface area contributed by atoms with E-state index in [0.29, 0.717) is 5.56 Å². The first-order valence-electron chi connectivity index (χ1n) is 6.34. The predicted octanol–water partition coefficient (Wildman–Crippen LogP) is 2.96. The summed E-state index contributed by atoms with van der Waals surface area (Å²) in [4.78, 5) is 23.4. The molecular weight excluding hydrogens is 270 g/mol. The molecule has 0 atom stereocenters. The van der Waals surface area contributed by atoms with Crippen LogP contribution in [0.15, 0.2) is 36.4 Å². The van der Waals surface area contributed by atoms with Gasteiger partial charge in [-0.05, 0) is 49.2 Å². The molecular formula is C16H15NO4. The van der Waals surface area contributed by atoms with Crippen LogP contribution in [0.3, 0.4) is 0 Å². The highest BCUT2D eigenvalue weighted by Crippen LogP contribution is 2.23. The standard InChI is InChI=1S/C16H15NO4/c1-9-4-3-5-12(10(9)2)15(19)17-14-7-6-11(18)8-13(14)16(20)21/h3-8,18H,1-2H3,(H,17,19)(H,20,21). The number of carboxylic acid groups (broad SMARTS) is 1. The van der Waals surface area contributed by atoms with Crippen LogP contribution in [-0.2, 0) is 0 Å². The number of phenols is 1. The fourth-order valence-corrected chi connectivity index (χ4v) is 2.00. The van der Waals surface area contributed by atoms with Crippen LogP contribution in [0.4, 0.5) is 5.69 Å². The summed E-state index contributed by atoms with van der Waals surface area (Å²) in [7, 11) is 0. The minimum atomic E-state index is -1.22. The van der Waals surface area contributed by atoms with Crippen LogP contribution in [-0.4, -0.2) is 22.1 Å². The second kappa shape index (κ2) is 5.66. The zero-order chi connectivity index (χ0) is 15.6. The van der Waals surface area contributed by atoms with Crippen molar-refractivity contribution >= 4 is 17.6 Å². The summed E-state index contributed by atoms with van der Waals surface area (Å²) >= 11 is 0. The molecule has 0 saturated heterocycles. The highest BCUT2D eigenvalue weighted by atomic mass is 16.4. The normalized spacial score (nSPS) is 10.2. The summed E-state index contributed by atoms with van der Waals surface area (Å²) < 4.78 is 0. The van der Waals surface area contributed by atoms with E-state index < -0.39 is 5.97 Å².